The molecule has 2 heteroatoms. The van der Waals surface area contributed by atoms with Crippen LogP contribution < -0.4 is 4.74 Å². The van der Waals surface area contributed by atoms with Gasteiger partial charge in [0.05, 0.1) is 6.61 Å². The Kier molecular flexibility index (Phi) is 2.44. The van der Waals surface area contributed by atoms with E-state index < -0.39 is 0 Å². The maximum Gasteiger partial charge on any atom is 0.123 e. The fourth-order valence-corrected chi connectivity index (χ4v) is 1.75. The van der Waals surface area contributed by atoms with Crippen molar-refractivity contribution in [2.24, 2.45) is 0 Å². The van der Waals surface area contributed by atoms with E-state index in [1.807, 2.05) is 12.1 Å². The van der Waals surface area contributed by atoms with Gasteiger partial charge in [-0.3, -0.25) is 0 Å². The zero-order valence-electron chi connectivity index (χ0n) is 8.12. The van der Waals surface area contributed by atoms with Crippen LogP contribution in [0.1, 0.15) is 17.5 Å². The highest BCUT2D eigenvalue weighted by atomic mass is 16.5. The molecule has 0 radical (unpaired) electrons. The summed E-state index contributed by atoms with van der Waals surface area (Å²) in [6, 6.07) is 3.73. The molecule has 1 aliphatic rings. The fourth-order valence-electron chi connectivity index (χ4n) is 1.75. The van der Waals surface area contributed by atoms with Gasteiger partial charge in [0, 0.05) is 5.56 Å². The molecule has 0 amide bonds. The van der Waals surface area contributed by atoms with E-state index in [1.54, 1.807) is 6.08 Å². The summed E-state index contributed by atoms with van der Waals surface area (Å²) in [5.74, 6) is 1.28. The maximum atomic E-state index is 9.69. The topological polar surface area (TPSA) is 29.5 Å². The van der Waals surface area contributed by atoms with Gasteiger partial charge < -0.3 is 9.84 Å². The molecule has 1 aromatic rings. The largest absolute Gasteiger partial charge is 0.508 e. The van der Waals surface area contributed by atoms with Gasteiger partial charge >= 0.3 is 0 Å². The van der Waals surface area contributed by atoms with E-state index in [4.69, 9.17) is 4.74 Å². The zero-order valence-corrected chi connectivity index (χ0v) is 8.12. The van der Waals surface area contributed by atoms with Crippen LogP contribution in [0.25, 0.3) is 0 Å². The number of benzene rings is 1. The number of phenols is 1. The molecule has 0 aromatic heterocycles. The Bertz CT molecular complexity index is 356. The molecule has 0 atom stereocenters. The molecular weight excluding hydrogens is 176 g/mol. The number of fused-ring (bicyclic) bond motifs is 1. The summed E-state index contributed by atoms with van der Waals surface area (Å²) in [5, 5.41) is 9.69. The van der Waals surface area contributed by atoms with E-state index in [2.05, 4.69) is 6.58 Å². The van der Waals surface area contributed by atoms with Crippen LogP contribution in [0.5, 0.6) is 11.5 Å². The second-order valence-electron chi connectivity index (χ2n) is 3.53. The Balaban J connectivity index is 2.40. The van der Waals surface area contributed by atoms with Gasteiger partial charge in [0.2, 0.25) is 0 Å². The summed E-state index contributed by atoms with van der Waals surface area (Å²) >= 11 is 0. The Morgan fingerprint density at radius 3 is 3.14 bits per heavy atom. The van der Waals surface area contributed by atoms with Crippen molar-refractivity contribution in [3.05, 3.63) is 35.9 Å². The third-order valence-electron chi connectivity index (χ3n) is 2.47. The standard InChI is InChI=1S/C12H14O2/c1-2-4-9-8-12-10(7-11(9)13)5-3-6-14-12/h2,7-8,13H,1,3-6H2. The van der Waals surface area contributed by atoms with Gasteiger partial charge in [0.1, 0.15) is 11.5 Å². The maximum absolute atomic E-state index is 9.69. The molecule has 74 valence electrons. The van der Waals surface area contributed by atoms with E-state index in [0.717, 1.165) is 36.3 Å². The van der Waals surface area contributed by atoms with Gasteiger partial charge in [0.25, 0.3) is 0 Å². The Morgan fingerprint density at radius 2 is 2.36 bits per heavy atom. The summed E-state index contributed by atoms with van der Waals surface area (Å²) < 4.78 is 5.52. The quantitative estimate of drug-likeness (QED) is 0.726. The van der Waals surface area contributed by atoms with E-state index in [1.165, 1.54) is 0 Å². The number of hydrogen-bond acceptors (Lipinski definition) is 2. The third kappa shape index (κ3) is 1.60. The first-order valence-electron chi connectivity index (χ1n) is 4.89. The number of phenolic OH excluding ortho intramolecular Hbond substituents is 1. The predicted molar refractivity (Wildman–Crippen MR) is 55.8 cm³/mol. The number of rotatable bonds is 2. The smallest absolute Gasteiger partial charge is 0.123 e. The minimum absolute atomic E-state index is 0.356. The number of aryl methyl sites for hydroxylation is 1. The third-order valence-corrected chi connectivity index (χ3v) is 2.47. The van der Waals surface area contributed by atoms with Gasteiger partial charge in [-0.2, -0.15) is 0 Å². The molecule has 1 aliphatic heterocycles. The van der Waals surface area contributed by atoms with Crippen LogP contribution in [0, 0.1) is 0 Å². The summed E-state index contributed by atoms with van der Waals surface area (Å²) in [7, 11) is 0. The molecule has 1 heterocycles. The van der Waals surface area contributed by atoms with Gasteiger partial charge in [-0.05, 0) is 37.0 Å². The lowest BCUT2D eigenvalue weighted by atomic mass is 10.0. The van der Waals surface area contributed by atoms with Crippen molar-refractivity contribution < 1.29 is 9.84 Å². The fraction of sp³-hybridized carbons (Fsp3) is 0.333. The Morgan fingerprint density at radius 1 is 1.50 bits per heavy atom. The van der Waals surface area contributed by atoms with Gasteiger partial charge in [-0.25, -0.2) is 0 Å². The lowest BCUT2D eigenvalue weighted by molar-refractivity contribution is 0.287. The lowest BCUT2D eigenvalue weighted by Gasteiger charge is -2.18. The van der Waals surface area contributed by atoms with E-state index in [0.29, 0.717) is 12.2 Å². The van der Waals surface area contributed by atoms with Crippen LogP contribution in [0.4, 0.5) is 0 Å². The highest BCUT2D eigenvalue weighted by Gasteiger charge is 2.13. The summed E-state index contributed by atoms with van der Waals surface area (Å²) in [6.07, 6.45) is 4.50. The molecule has 0 bridgehead atoms. The van der Waals surface area contributed by atoms with E-state index >= 15 is 0 Å². The minimum Gasteiger partial charge on any atom is -0.508 e. The van der Waals surface area contributed by atoms with Crippen molar-refractivity contribution >= 4 is 0 Å². The average molecular weight is 190 g/mol. The van der Waals surface area contributed by atoms with Crippen molar-refractivity contribution in [3.8, 4) is 11.5 Å². The lowest BCUT2D eigenvalue weighted by Crippen LogP contribution is -2.08. The predicted octanol–water partition coefficient (Wildman–Crippen LogP) is 2.45. The summed E-state index contributed by atoms with van der Waals surface area (Å²) in [5.41, 5.74) is 2.00. The molecular formula is C12H14O2. The second kappa shape index (κ2) is 3.74. The van der Waals surface area contributed by atoms with Crippen molar-refractivity contribution in [2.45, 2.75) is 19.3 Å². The monoisotopic (exact) mass is 190 g/mol. The van der Waals surface area contributed by atoms with E-state index in [-0.39, 0.29) is 0 Å². The Hall–Kier alpha value is -1.44. The SMILES string of the molecule is C=CCc1cc2c(cc1O)CCCO2. The highest BCUT2D eigenvalue weighted by Crippen LogP contribution is 2.31. The van der Waals surface area contributed by atoms with Crippen LogP contribution in [-0.4, -0.2) is 11.7 Å². The van der Waals surface area contributed by atoms with Crippen molar-refractivity contribution in [1.29, 1.82) is 0 Å². The molecule has 0 unspecified atom stereocenters. The van der Waals surface area contributed by atoms with Crippen molar-refractivity contribution in [2.75, 3.05) is 6.61 Å². The van der Waals surface area contributed by atoms with E-state index in [9.17, 15) is 5.11 Å². The molecule has 0 fully saturated rings. The number of ether oxygens (including phenoxy) is 1. The van der Waals surface area contributed by atoms with Gasteiger partial charge in [-0.1, -0.05) is 6.08 Å². The second-order valence-corrected chi connectivity index (χ2v) is 3.53. The molecule has 1 aromatic carbocycles. The summed E-state index contributed by atoms with van der Waals surface area (Å²) in [6.45, 7) is 4.44. The molecule has 0 aliphatic carbocycles. The normalized spacial score (nSPS) is 14.3. The van der Waals surface area contributed by atoms with Gasteiger partial charge in [-0.15, -0.1) is 6.58 Å². The first-order chi connectivity index (χ1) is 6.81. The molecule has 0 saturated heterocycles. The highest BCUT2D eigenvalue weighted by molar-refractivity contribution is 5.47. The number of hydrogen-bond donors (Lipinski definition) is 1. The number of aromatic hydroxyl groups is 1. The van der Waals surface area contributed by atoms with Gasteiger partial charge in [0.15, 0.2) is 0 Å². The van der Waals surface area contributed by atoms with Crippen molar-refractivity contribution in [3.63, 3.8) is 0 Å². The van der Waals surface area contributed by atoms with Crippen LogP contribution in [-0.2, 0) is 12.8 Å². The molecule has 2 rings (SSSR count). The van der Waals surface area contributed by atoms with Crippen LogP contribution in [0.15, 0.2) is 24.8 Å². The van der Waals surface area contributed by atoms with Crippen LogP contribution >= 0.6 is 0 Å². The van der Waals surface area contributed by atoms with Crippen LogP contribution in [0.3, 0.4) is 0 Å². The first kappa shape index (κ1) is 9.13. The minimum atomic E-state index is 0.356. The molecule has 2 nitrogen and oxygen atoms in total. The van der Waals surface area contributed by atoms with Crippen molar-refractivity contribution in [1.82, 2.24) is 0 Å². The molecule has 0 spiro atoms. The number of allylic oxidation sites excluding steroid dienone is 1. The molecule has 0 saturated carbocycles. The molecule has 1 N–H and O–H groups in total. The van der Waals surface area contributed by atoms with Crippen LogP contribution in [0.2, 0.25) is 0 Å². The first-order valence-corrected chi connectivity index (χ1v) is 4.89. The average Bonchev–Trinajstić information content (AvgIpc) is 2.19. The molecule has 14 heavy (non-hydrogen) atoms. The Labute approximate surface area is 83.8 Å². The summed E-state index contributed by atoms with van der Waals surface area (Å²) in [4.78, 5) is 0. The zero-order chi connectivity index (χ0) is 9.97.